The predicted molar refractivity (Wildman–Crippen MR) is 84.4 cm³/mol. The van der Waals surface area contributed by atoms with Gasteiger partial charge in [0.05, 0.1) is 11.5 Å². The van der Waals surface area contributed by atoms with Crippen molar-refractivity contribution in [2.24, 2.45) is 5.92 Å². The first-order chi connectivity index (χ1) is 10.7. The summed E-state index contributed by atoms with van der Waals surface area (Å²) >= 11 is 0. The van der Waals surface area contributed by atoms with Crippen LogP contribution in [0.15, 0.2) is 24.3 Å². The number of carboxylic acids is 1. The van der Waals surface area contributed by atoms with Crippen molar-refractivity contribution in [3.8, 4) is 5.75 Å². The highest BCUT2D eigenvalue weighted by Gasteiger charge is 2.23. The fourth-order valence-corrected chi connectivity index (χ4v) is 1.67. The number of aliphatic carboxylic acids is 1. The van der Waals surface area contributed by atoms with Gasteiger partial charge in [-0.15, -0.1) is 0 Å². The lowest BCUT2D eigenvalue weighted by Gasteiger charge is -2.19. The van der Waals surface area contributed by atoms with Crippen molar-refractivity contribution in [1.29, 1.82) is 0 Å². The van der Waals surface area contributed by atoms with Crippen molar-refractivity contribution < 1.29 is 24.2 Å². The van der Waals surface area contributed by atoms with E-state index in [0.717, 1.165) is 0 Å². The molecular formula is C16H22N2O5. The number of rotatable bonds is 7. The molecule has 0 bridgehead atoms. The van der Waals surface area contributed by atoms with Crippen LogP contribution in [0.4, 0.5) is 0 Å². The smallest absolute Gasteiger partial charge is 0.308 e. The van der Waals surface area contributed by atoms with Crippen molar-refractivity contribution in [3.05, 3.63) is 29.8 Å². The van der Waals surface area contributed by atoms with Gasteiger partial charge >= 0.3 is 5.97 Å². The zero-order valence-corrected chi connectivity index (χ0v) is 13.7. The van der Waals surface area contributed by atoms with Crippen LogP contribution in [0.3, 0.4) is 0 Å². The maximum atomic E-state index is 12.3. The molecule has 0 aliphatic rings. The predicted octanol–water partition coefficient (Wildman–Crippen LogP) is 0.993. The lowest BCUT2D eigenvalue weighted by molar-refractivity contribution is -0.141. The number of carbonyl (C=O) groups excluding carboxylic acids is 2. The van der Waals surface area contributed by atoms with Crippen LogP contribution in [0.5, 0.6) is 5.75 Å². The van der Waals surface area contributed by atoms with Gasteiger partial charge < -0.3 is 20.1 Å². The van der Waals surface area contributed by atoms with Crippen molar-refractivity contribution in [2.45, 2.75) is 19.9 Å². The molecule has 7 heteroatoms. The molecule has 23 heavy (non-hydrogen) atoms. The van der Waals surface area contributed by atoms with Crippen molar-refractivity contribution in [1.82, 2.24) is 10.2 Å². The summed E-state index contributed by atoms with van der Waals surface area (Å²) in [6.07, 6.45) is 0. The van der Waals surface area contributed by atoms with Gasteiger partial charge in [0.2, 0.25) is 0 Å². The van der Waals surface area contributed by atoms with E-state index in [4.69, 9.17) is 9.84 Å². The Hall–Kier alpha value is -2.57. The average molecular weight is 322 g/mol. The molecule has 0 radical (unpaired) electrons. The first-order valence-electron chi connectivity index (χ1n) is 7.19. The molecule has 0 saturated carbocycles. The van der Waals surface area contributed by atoms with E-state index in [0.29, 0.717) is 0 Å². The molecule has 7 nitrogen and oxygen atoms in total. The van der Waals surface area contributed by atoms with Gasteiger partial charge in [-0.2, -0.15) is 0 Å². The highest BCUT2D eigenvalue weighted by molar-refractivity contribution is 5.97. The summed E-state index contributed by atoms with van der Waals surface area (Å²) in [4.78, 5) is 36.2. The third-order valence-electron chi connectivity index (χ3n) is 3.48. The number of carboxylic acid groups (broad SMARTS) is 1. The fraction of sp³-hybridized carbons (Fsp3) is 0.438. The highest BCUT2D eigenvalue weighted by Crippen LogP contribution is 2.18. The molecule has 2 atom stereocenters. The van der Waals surface area contributed by atoms with Gasteiger partial charge in [0.15, 0.2) is 6.61 Å². The molecule has 0 heterocycles. The number of nitrogens with one attached hydrogen (secondary N) is 1. The summed E-state index contributed by atoms with van der Waals surface area (Å²) in [5.74, 6) is -2.11. The molecule has 1 aromatic carbocycles. The second kappa shape index (κ2) is 8.17. The lowest BCUT2D eigenvalue weighted by Crippen LogP contribution is -2.40. The number of para-hydroxylation sites is 1. The molecule has 0 aliphatic heterocycles. The van der Waals surface area contributed by atoms with Crippen LogP contribution in [0, 0.1) is 5.92 Å². The van der Waals surface area contributed by atoms with E-state index < -0.39 is 23.8 Å². The van der Waals surface area contributed by atoms with Gasteiger partial charge in [-0.05, 0) is 26.0 Å². The summed E-state index contributed by atoms with van der Waals surface area (Å²) in [5, 5.41) is 11.6. The van der Waals surface area contributed by atoms with Gasteiger partial charge in [-0.25, -0.2) is 0 Å². The molecule has 1 rings (SSSR count). The Kier molecular flexibility index (Phi) is 6.56. The molecule has 0 aromatic heterocycles. The number of hydrogen-bond acceptors (Lipinski definition) is 4. The molecule has 0 fully saturated rings. The Balaban J connectivity index is 2.81. The van der Waals surface area contributed by atoms with Gasteiger partial charge in [0, 0.05) is 20.1 Å². The molecular weight excluding hydrogens is 300 g/mol. The Morgan fingerprint density at radius 3 is 2.39 bits per heavy atom. The normalized spacial score (nSPS) is 12.9. The zero-order valence-electron chi connectivity index (χ0n) is 13.7. The summed E-state index contributed by atoms with van der Waals surface area (Å²) in [7, 11) is 3.22. The van der Waals surface area contributed by atoms with Crippen molar-refractivity contribution >= 4 is 17.8 Å². The molecule has 0 aliphatic carbocycles. The van der Waals surface area contributed by atoms with Crippen molar-refractivity contribution in [3.63, 3.8) is 0 Å². The summed E-state index contributed by atoms with van der Waals surface area (Å²) in [5.41, 5.74) is 0.253. The molecule has 0 spiro atoms. The second-order valence-electron chi connectivity index (χ2n) is 5.46. The summed E-state index contributed by atoms with van der Waals surface area (Å²) in [6.45, 7) is 2.96. The zero-order chi connectivity index (χ0) is 17.6. The third-order valence-corrected chi connectivity index (χ3v) is 3.48. The number of benzene rings is 1. The number of nitrogens with zero attached hydrogens (tertiary/aromatic N) is 1. The minimum absolute atomic E-state index is 0.182. The first-order valence-corrected chi connectivity index (χ1v) is 7.19. The van der Waals surface area contributed by atoms with E-state index in [9.17, 15) is 14.4 Å². The van der Waals surface area contributed by atoms with E-state index in [-0.39, 0.29) is 23.8 Å². The number of amides is 2. The highest BCUT2D eigenvalue weighted by atomic mass is 16.5. The average Bonchev–Trinajstić information content (AvgIpc) is 2.51. The van der Waals surface area contributed by atoms with Gasteiger partial charge in [0.25, 0.3) is 11.8 Å². The fourth-order valence-electron chi connectivity index (χ4n) is 1.67. The lowest BCUT2D eigenvalue weighted by atomic mass is 10.0. The van der Waals surface area contributed by atoms with E-state index in [1.54, 1.807) is 45.3 Å². The number of carbonyl (C=O) groups is 3. The van der Waals surface area contributed by atoms with E-state index in [2.05, 4.69) is 5.32 Å². The topological polar surface area (TPSA) is 95.9 Å². The first kappa shape index (κ1) is 18.5. The Labute approximate surface area is 135 Å². The van der Waals surface area contributed by atoms with Crippen LogP contribution < -0.4 is 10.1 Å². The molecule has 2 N–H and O–H groups in total. The number of ether oxygens (including phenoxy) is 1. The number of hydrogen-bond donors (Lipinski definition) is 2. The third kappa shape index (κ3) is 5.28. The SMILES string of the molecule is CC(NC(=O)c1ccccc1OCC(=O)N(C)C)C(C)C(=O)O. The van der Waals surface area contributed by atoms with Gasteiger partial charge in [-0.1, -0.05) is 12.1 Å². The number of likely N-dealkylation sites (N-methyl/N-ethyl adjacent to an activating group) is 1. The van der Waals surface area contributed by atoms with E-state index in [1.165, 1.54) is 11.8 Å². The van der Waals surface area contributed by atoms with Crippen LogP contribution in [0.2, 0.25) is 0 Å². The van der Waals surface area contributed by atoms with Crippen LogP contribution in [0.1, 0.15) is 24.2 Å². The van der Waals surface area contributed by atoms with Crippen LogP contribution in [0.25, 0.3) is 0 Å². The second-order valence-corrected chi connectivity index (χ2v) is 5.46. The van der Waals surface area contributed by atoms with Crippen LogP contribution >= 0.6 is 0 Å². The van der Waals surface area contributed by atoms with Crippen molar-refractivity contribution in [2.75, 3.05) is 20.7 Å². The van der Waals surface area contributed by atoms with Gasteiger partial charge in [0.1, 0.15) is 5.75 Å². The molecule has 1 aromatic rings. The van der Waals surface area contributed by atoms with Crippen LogP contribution in [-0.2, 0) is 9.59 Å². The molecule has 0 saturated heterocycles. The summed E-state index contributed by atoms with van der Waals surface area (Å²) < 4.78 is 5.40. The quantitative estimate of drug-likeness (QED) is 0.780. The Morgan fingerprint density at radius 1 is 1.22 bits per heavy atom. The van der Waals surface area contributed by atoms with E-state index in [1.807, 2.05) is 0 Å². The molecule has 126 valence electrons. The Morgan fingerprint density at radius 2 is 1.83 bits per heavy atom. The maximum Gasteiger partial charge on any atom is 0.308 e. The Bertz CT molecular complexity index is 586. The molecule has 2 unspecified atom stereocenters. The maximum absolute atomic E-state index is 12.3. The van der Waals surface area contributed by atoms with E-state index >= 15 is 0 Å². The minimum Gasteiger partial charge on any atom is -0.483 e. The van der Waals surface area contributed by atoms with Gasteiger partial charge in [-0.3, -0.25) is 14.4 Å². The summed E-state index contributed by atoms with van der Waals surface area (Å²) in [6, 6.07) is 5.96. The standard InChI is InChI=1S/C16H22N2O5/c1-10(16(21)22)11(2)17-15(20)12-7-5-6-8-13(12)23-9-14(19)18(3)4/h5-8,10-11H,9H2,1-4H3,(H,17,20)(H,21,22). The molecule has 2 amide bonds. The monoisotopic (exact) mass is 322 g/mol. The minimum atomic E-state index is -0.987. The van der Waals surface area contributed by atoms with Crippen LogP contribution in [-0.4, -0.2) is 54.5 Å². The largest absolute Gasteiger partial charge is 0.483 e.